The Morgan fingerprint density at radius 2 is 2.33 bits per heavy atom. The highest BCUT2D eigenvalue weighted by Gasteiger charge is 2.23. The Balaban J connectivity index is 3.02. The van der Waals surface area contributed by atoms with Gasteiger partial charge >= 0.3 is 5.82 Å². The summed E-state index contributed by atoms with van der Waals surface area (Å²) in [6.07, 6.45) is 1.92. The zero-order valence-electron chi connectivity index (χ0n) is 8.93. The molecule has 0 aliphatic carbocycles. The lowest BCUT2D eigenvalue weighted by molar-refractivity contribution is -0.390. The fourth-order valence-electron chi connectivity index (χ4n) is 1.30. The first-order chi connectivity index (χ1) is 6.97. The Hall–Kier alpha value is -1.72. The van der Waals surface area contributed by atoms with Crippen molar-refractivity contribution in [2.45, 2.75) is 33.2 Å². The van der Waals surface area contributed by atoms with Crippen LogP contribution in [0, 0.1) is 17.0 Å². The Labute approximate surface area is 87.0 Å². The normalized spacial score (nSPS) is 12.5. The van der Waals surface area contributed by atoms with Crippen LogP contribution in [0.5, 0.6) is 0 Å². The third kappa shape index (κ3) is 2.20. The van der Waals surface area contributed by atoms with Gasteiger partial charge in [0.15, 0.2) is 5.78 Å². The monoisotopic (exact) mass is 211 g/mol. The molecule has 1 atom stereocenters. The van der Waals surface area contributed by atoms with Crippen LogP contribution < -0.4 is 0 Å². The highest BCUT2D eigenvalue weighted by Crippen LogP contribution is 2.18. The van der Waals surface area contributed by atoms with Gasteiger partial charge in [-0.05, 0) is 18.8 Å². The average Bonchev–Trinajstić information content (AvgIpc) is 2.58. The van der Waals surface area contributed by atoms with E-state index in [1.165, 1.54) is 10.9 Å². The van der Waals surface area contributed by atoms with Crippen LogP contribution in [-0.4, -0.2) is 20.5 Å². The smallest absolute Gasteiger partial charge is 0.358 e. The number of aryl methyl sites for hydroxylation is 1. The number of aromatic nitrogens is 2. The van der Waals surface area contributed by atoms with E-state index in [0.717, 1.165) is 0 Å². The number of hydrogen-bond acceptors (Lipinski definition) is 4. The lowest BCUT2D eigenvalue weighted by Gasteiger charge is -2.04. The molecule has 0 radical (unpaired) electrons. The van der Waals surface area contributed by atoms with Gasteiger partial charge in [0, 0.05) is 6.42 Å². The summed E-state index contributed by atoms with van der Waals surface area (Å²) in [5, 5.41) is 14.3. The SMILES string of the molecule is CCC(=O)C(C)n1cc(C)c([N+](=O)[O-])n1. The van der Waals surface area contributed by atoms with Gasteiger partial charge in [-0.15, -0.1) is 0 Å². The summed E-state index contributed by atoms with van der Waals surface area (Å²) in [4.78, 5) is 21.4. The van der Waals surface area contributed by atoms with Crippen molar-refractivity contribution in [2.75, 3.05) is 0 Å². The average molecular weight is 211 g/mol. The van der Waals surface area contributed by atoms with Gasteiger partial charge in [-0.1, -0.05) is 6.92 Å². The van der Waals surface area contributed by atoms with Crippen LogP contribution in [0.25, 0.3) is 0 Å². The maximum Gasteiger partial charge on any atom is 0.392 e. The molecule has 6 heteroatoms. The van der Waals surface area contributed by atoms with Gasteiger partial charge in [-0.2, -0.15) is 4.68 Å². The summed E-state index contributed by atoms with van der Waals surface area (Å²) in [5.74, 6) is -0.182. The molecule has 0 aliphatic rings. The van der Waals surface area contributed by atoms with Crippen molar-refractivity contribution in [3.8, 4) is 0 Å². The van der Waals surface area contributed by atoms with Gasteiger partial charge in [0.25, 0.3) is 0 Å². The summed E-state index contributed by atoms with van der Waals surface area (Å²) in [5.41, 5.74) is 0.468. The van der Waals surface area contributed by atoms with Gasteiger partial charge in [-0.25, -0.2) is 0 Å². The predicted molar refractivity (Wildman–Crippen MR) is 53.6 cm³/mol. The van der Waals surface area contributed by atoms with Crippen molar-refractivity contribution in [3.05, 3.63) is 21.9 Å². The van der Waals surface area contributed by atoms with Gasteiger partial charge in [0.1, 0.15) is 6.04 Å². The molecule has 0 spiro atoms. The summed E-state index contributed by atoms with van der Waals surface area (Å²) < 4.78 is 1.35. The van der Waals surface area contributed by atoms with Crippen LogP contribution in [0.15, 0.2) is 6.20 Å². The molecule has 0 saturated heterocycles. The summed E-state index contributed by atoms with van der Waals surface area (Å²) >= 11 is 0. The van der Waals surface area contributed by atoms with Crippen LogP contribution in [-0.2, 0) is 4.79 Å². The first-order valence-corrected chi connectivity index (χ1v) is 4.70. The maximum atomic E-state index is 11.4. The Kier molecular flexibility index (Phi) is 3.18. The lowest BCUT2D eigenvalue weighted by atomic mass is 10.2. The highest BCUT2D eigenvalue weighted by atomic mass is 16.6. The Morgan fingerprint density at radius 1 is 1.73 bits per heavy atom. The van der Waals surface area contributed by atoms with E-state index in [-0.39, 0.29) is 11.6 Å². The fourth-order valence-corrected chi connectivity index (χ4v) is 1.30. The second kappa shape index (κ2) is 4.20. The number of rotatable bonds is 4. The second-order valence-electron chi connectivity index (χ2n) is 3.37. The van der Waals surface area contributed by atoms with Gasteiger partial charge in [0.2, 0.25) is 0 Å². The standard InChI is InChI=1S/C9H13N3O3/c1-4-8(13)7(3)11-5-6(2)9(10-11)12(14)15/h5,7H,4H2,1-3H3. The van der Waals surface area contributed by atoms with E-state index >= 15 is 0 Å². The lowest BCUT2D eigenvalue weighted by Crippen LogP contribution is -2.16. The quantitative estimate of drug-likeness (QED) is 0.560. The molecule has 0 aromatic carbocycles. The molecule has 1 aromatic rings. The van der Waals surface area contributed by atoms with Crippen molar-refractivity contribution in [3.63, 3.8) is 0 Å². The number of Topliss-reactive ketones (excluding diaryl/α,β-unsaturated/α-hetero) is 1. The van der Waals surface area contributed by atoms with E-state index in [0.29, 0.717) is 12.0 Å². The highest BCUT2D eigenvalue weighted by molar-refractivity contribution is 5.81. The van der Waals surface area contributed by atoms with Gasteiger partial charge < -0.3 is 10.1 Å². The van der Waals surface area contributed by atoms with Crippen molar-refractivity contribution in [1.29, 1.82) is 0 Å². The number of nitrogens with zero attached hydrogens (tertiary/aromatic N) is 3. The van der Waals surface area contributed by atoms with Crippen molar-refractivity contribution in [1.82, 2.24) is 9.78 Å². The Morgan fingerprint density at radius 3 is 2.73 bits per heavy atom. The fraction of sp³-hybridized carbons (Fsp3) is 0.556. The third-order valence-electron chi connectivity index (χ3n) is 2.27. The van der Waals surface area contributed by atoms with Gasteiger partial charge in [-0.3, -0.25) is 4.79 Å². The predicted octanol–water partition coefficient (Wildman–Crippen LogP) is 1.64. The molecular formula is C9H13N3O3. The van der Waals surface area contributed by atoms with E-state index in [1.54, 1.807) is 20.8 Å². The molecule has 82 valence electrons. The molecule has 1 rings (SSSR count). The first kappa shape index (κ1) is 11.4. The molecule has 0 amide bonds. The molecule has 15 heavy (non-hydrogen) atoms. The van der Waals surface area contributed by atoms with Crippen LogP contribution in [0.4, 0.5) is 5.82 Å². The van der Waals surface area contributed by atoms with Crippen molar-refractivity contribution >= 4 is 11.6 Å². The number of ketones is 1. The third-order valence-corrected chi connectivity index (χ3v) is 2.27. The minimum atomic E-state index is -0.547. The first-order valence-electron chi connectivity index (χ1n) is 4.70. The molecule has 0 fully saturated rings. The molecule has 1 aromatic heterocycles. The zero-order valence-corrected chi connectivity index (χ0v) is 8.93. The molecule has 0 bridgehead atoms. The Bertz CT molecular complexity index is 397. The minimum Gasteiger partial charge on any atom is -0.358 e. The number of hydrogen-bond donors (Lipinski definition) is 0. The zero-order chi connectivity index (χ0) is 11.6. The molecule has 1 unspecified atom stereocenters. The molecule has 6 nitrogen and oxygen atoms in total. The van der Waals surface area contributed by atoms with E-state index in [2.05, 4.69) is 5.10 Å². The molecule has 0 aliphatic heterocycles. The summed E-state index contributed by atoms with van der Waals surface area (Å²) in [6, 6.07) is -0.442. The number of carbonyl (C=O) groups is 1. The second-order valence-corrected chi connectivity index (χ2v) is 3.37. The van der Waals surface area contributed by atoms with Crippen LogP contribution >= 0.6 is 0 Å². The van der Waals surface area contributed by atoms with E-state index in [1.807, 2.05) is 0 Å². The van der Waals surface area contributed by atoms with E-state index < -0.39 is 11.0 Å². The molecule has 0 saturated carbocycles. The number of carbonyl (C=O) groups excluding carboxylic acids is 1. The largest absolute Gasteiger partial charge is 0.392 e. The van der Waals surface area contributed by atoms with E-state index in [9.17, 15) is 14.9 Å². The van der Waals surface area contributed by atoms with Gasteiger partial charge in [0.05, 0.1) is 16.9 Å². The van der Waals surface area contributed by atoms with Crippen LogP contribution in [0.3, 0.4) is 0 Å². The van der Waals surface area contributed by atoms with Crippen LogP contribution in [0.2, 0.25) is 0 Å². The van der Waals surface area contributed by atoms with Crippen molar-refractivity contribution < 1.29 is 9.72 Å². The summed E-state index contributed by atoms with van der Waals surface area (Å²) in [6.45, 7) is 5.04. The minimum absolute atomic E-state index is 0.00685. The molecule has 1 heterocycles. The topological polar surface area (TPSA) is 78.0 Å². The van der Waals surface area contributed by atoms with E-state index in [4.69, 9.17) is 0 Å². The number of nitro groups is 1. The molecular weight excluding hydrogens is 198 g/mol. The maximum absolute atomic E-state index is 11.4. The summed E-state index contributed by atoms with van der Waals surface area (Å²) in [7, 11) is 0. The van der Waals surface area contributed by atoms with Crippen molar-refractivity contribution in [2.24, 2.45) is 0 Å². The molecule has 0 N–H and O–H groups in total. The van der Waals surface area contributed by atoms with Crippen LogP contribution in [0.1, 0.15) is 31.9 Å².